The summed E-state index contributed by atoms with van der Waals surface area (Å²) in [4.78, 5) is 25.3. The van der Waals surface area contributed by atoms with Crippen molar-refractivity contribution in [1.82, 2.24) is 15.1 Å². The number of aryl methyl sites for hydroxylation is 1. The van der Waals surface area contributed by atoms with Crippen LogP contribution >= 0.6 is 11.6 Å². The van der Waals surface area contributed by atoms with Crippen LogP contribution in [0.25, 0.3) is 0 Å². The molecule has 9 heteroatoms. The van der Waals surface area contributed by atoms with Crippen LogP contribution in [0.4, 0.5) is 17.3 Å². The molecule has 3 heterocycles. The first-order valence-electron chi connectivity index (χ1n) is 8.91. The second-order valence-corrected chi connectivity index (χ2v) is 6.93. The molecular weight excluding hydrogens is 380 g/mol. The molecule has 144 valence electrons. The molecule has 2 aromatic heterocycles. The topological polar surface area (TPSA) is 87.4 Å². The number of amides is 1. The summed E-state index contributed by atoms with van der Waals surface area (Å²) in [6.07, 6.45) is 3.10. The van der Waals surface area contributed by atoms with Gasteiger partial charge in [0.05, 0.1) is 12.4 Å². The summed E-state index contributed by atoms with van der Waals surface area (Å²) in [7, 11) is 0. The van der Waals surface area contributed by atoms with E-state index in [-0.39, 0.29) is 11.6 Å². The largest absolute Gasteiger partial charge is 0.368 e. The fourth-order valence-corrected chi connectivity index (χ4v) is 3.26. The maximum atomic E-state index is 12.2. The highest BCUT2D eigenvalue weighted by Gasteiger charge is 2.19. The number of rotatable bonds is 4. The minimum absolute atomic E-state index is 0.224. The third kappa shape index (κ3) is 4.07. The molecule has 28 heavy (non-hydrogen) atoms. The molecule has 0 radical (unpaired) electrons. The number of nitrogens with zero attached hydrogens (tertiary/aromatic N) is 5. The van der Waals surface area contributed by atoms with E-state index in [1.54, 1.807) is 19.2 Å². The van der Waals surface area contributed by atoms with E-state index in [1.165, 1.54) is 6.20 Å². The van der Waals surface area contributed by atoms with E-state index in [0.717, 1.165) is 42.7 Å². The molecule has 0 aliphatic carbocycles. The van der Waals surface area contributed by atoms with E-state index in [2.05, 4.69) is 36.3 Å². The lowest BCUT2D eigenvalue weighted by atomic mass is 10.2. The average molecular weight is 399 g/mol. The van der Waals surface area contributed by atoms with Crippen LogP contribution in [0.15, 0.2) is 47.2 Å². The third-order valence-electron chi connectivity index (χ3n) is 4.52. The smallest absolute Gasteiger partial charge is 0.277 e. The number of hydrogen-bond acceptors (Lipinski definition) is 7. The molecule has 4 rings (SSSR count). The van der Waals surface area contributed by atoms with Crippen LogP contribution in [0, 0.1) is 6.92 Å². The van der Waals surface area contributed by atoms with Crippen molar-refractivity contribution in [2.24, 2.45) is 0 Å². The van der Waals surface area contributed by atoms with Crippen LogP contribution < -0.4 is 15.1 Å². The zero-order valence-electron chi connectivity index (χ0n) is 15.3. The minimum atomic E-state index is -0.377. The first kappa shape index (κ1) is 18.2. The Labute approximate surface area is 167 Å². The van der Waals surface area contributed by atoms with Gasteiger partial charge in [0.25, 0.3) is 5.91 Å². The number of halogens is 1. The van der Waals surface area contributed by atoms with E-state index < -0.39 is 0 Å². The quantitative estimate of drug-likeness (QED) is 0.722. The second-order valence-electron chi connectivity index (χ2n) is 6.49. The fraction of sp³-hybridized carbons (Fsp3) is 0.263. The van der Waals surface area contributed by atoms with E-state index in [1.807, 2.05) is 18.2 Å². The molecule has 1 amide bonds. The first-order valence-corrected chi connectivity index (χ1v) is 9.28. The normalized spacial score (nSPS) is 14.2. The molecule has 1 N–H and O–H groups in total. The summed E-state index contributed by atoms with van der Waals surface area (Å²) in [5.74, 6) is 1.34. The summed E-state index contributed by atoms with van der Waals surface area (Å²) >= 11 is 6.08. The van der Waals surface area contributed by atoms with Gasteiger partial charge in [0, 0.05) is 43.0 Å². The maximum Gasteiger partial charge on any atom is 0.277 e. The Hall–Kier alpha value is -3.13. The number of piperazine rings is 1. The molecule has 0 saturated carbocycles. The lowest BCUT2D eigenvalue weighted by Gasteiger charge is -2.36. The standard InChI is InChI=1S/C19H19ClN6O2/c1-13-9-17(24-28-13)23-19(27)16-11-22-18(12-21-16)26-7-5-25(6-8-26)15-4-2-3-14(20)10-15/h2-4,9-12H,5-8H2,1H3,(H,23,24,27). The van der Waals surface area contributed by atoms with E-state index in [4.69, 9.17) is 16.1 Å². The third-order valence-corrected chi connectivity index (χ3v) is 4.75. The molecule has 1 aliphatic heterocycles. The molecular formula is C19H19ClN6O2. The van der Waals surface area contributed by atoms with Crippen molar-refractivity contribution in [2.45, 2.75) is 6.92 Å². The minimum Gasteiger partial charge on any atom is -0.368 e. The van der Waals surface area contributed by atoms with Crippen LogP contribution in [0.2, 0.25) is 5.02 Å². The molecule has 1 saturated heterocycles. The molecule has 3 aromatic rings. The van der Waals surface area contributed by atoms with Gasteiger partial charge in [-0.05, 0) is 25.1 Å². The van der Waals surface area contributed by atoms with Crippen LogP contribution in [0.3, 0.4) is 0 Å². The van der Waals surface area contributed by atoms with Crippen LogP contribution in [-0.4, -0.2) is 47.2 Å². The van der Waals surface area contributed by atoms with Gasteiger partial charge in [-0.15, -0.1) is 0 Å². The second kappa shape index (κ2) is 7.85. The zero-order chi connectivity index (χ0) is 19.5. The summed E-state index contributed by atoms with van der Waals surface area (Å²) in [6.45, 7) is 5.09. The van der Waals surface area contributed by atoms with Crippen molar-refractivity contribution in [1.29, 1.82) is 0 Å². The highest BCUT2D eigenvalue weighted by Crippen LogP contribution is 2.22. The SMILES string of the molecule is Cc1cc(NC(=O)c2cnc(N3CCN(c4cccc(Cl)c4)CC3)cn2)no1. The first-order chi connectivity index (χ1) is 13.6. The number of hydrogen-bond donors (Lipinski definition) is 1. The Balaban J connectivity index is 1.36. The Morgan fingerprint density at radius 2 is 1.89 bits per heavy atom. The fourth-order valence-electron chi connectivity index (χ4n) is 3.07. The van der Waals surface area contributed by atoms with Crippen molar-refractivity contribution in [3.05, 3.63) is 59.2 Å². The molecule has 1 fully saturated rings. The van der Waals surface area contributed by atoms with Crippen molar-refractivity contribution < 1.29 is 9.32 Å². The van der Waals surface area contributed by atoms with Gasteiger partial charge in [-0.2, -0.15) is 0 Å². The summed E-state index contributed by atoms with van der Waals surface area (Å²) in [5.41, 5.74) is 1.34. The predicted octanol–water partition coefficient (Wildman–Crippen LogP) is 3.01. The zero-order valence-corrected chi connectivity index (χ0v) is 16.1. The Kier molecular flexibility index (Phi) is 5.12. The molecule has 0 bridgehead atoms. The Morgan fingerprint density at radius 1 is 1.11 bits per heavy atom. The highest BCUT2D eigenvalue weighted by molar-refractivity contribution is 6.30. The number of nitrogens with one attached hydrogen (secondary N) is 1. The van der Waals surface area contributed by atoms with Crippen molar-refractivity contribution >= 4 is 34.8 Å². The summed E-state index contributed by atoms with van der Waals surface area (Å²) in [5, 5.41) is 7.10. The Morgan fingerprint density at radius 3 is 2.54 bits per heavy atom. The molecule has 0 atom stereocenters. The Bertz CT molecular complexity index is 967. The maximum absolute atomic E-state index is 12.2. The highest BCUT2D eigenvalue weighted by atomic mass is 35.5. The van der Waals surface area contributed by atoms with Crippen molar-refractivity contribution in [2.75, 3.05) is 41.3 Å². The van der Waals surface area contributed by atoms with E-state index in [9.17, 15) is 4.79 Å². The van der Waals surface area contributed by atoms with Gasteiger partial charge in [0.2, 0.25) is 0 Å². The van der Waals surface area contributed by atoms with Gasteiger partial charge in [-0.25, -0.2) is 9.97 Å². The lowest BCUT2D eigenvalue weighted by molar-refractivity contribution is 0.102. The van der Waals surface area contributed by atoms with Gasteiger partial charge in [0.1, 0.15) is 17.3 Å². The molecule has 0 unspecified atom stereocenters. The lowest BCUT2D eigenvalue weighted by Crippen LogP contribution is -2.46. The number of carbonyl (C=O) groups excluding carboxylic acids is 1. The molecule has 1 aromatic carbocycles. The van der Waals surface area contributed by atoms with Gasteiger partial charge in [-0.1, -0.05) is 22.8 Å². The molecule has 0 spiro atoms. The number of anilines is 3. The van der Waals surface area contributed by atoms with Gasteiger partial charge in [0.15, 0.2) is 5.82 Å². The van der Waals surface area contributed by atoms with E-state index >= 15 is 0 Å². The number of aromatic nitrogens is 3. The van der Waals surface area contributed by atoms with Crippen molar-refractivity contribution in [3.63, 3.8) is 0 Å². The summed E-state index contributed by atoms with van der Waals surface area (Å²) in [6, 6.07) is 9.50. The number of benzene rings is 1. The van der Waals surface area contributed by atoms with Crippen LogP contribution in [0.5, 0.6) is 0 Å². The van der Waals surface area contributed by atoms with Gasteiger partial charge < -0.3 is 19.6 Å². The van der Waals surface area contributed by atoms with Crippen molar-refractivity contribution in [3.8, 4) is 0 Å². The predicted molar refractivity (Wildman–Crippen MR) is 107 cm³/mol. The summed E-state index contributed by atoms with van der Waals surface area (Å²) < 4.78 is 4.93. The van der Waals surface area contributed by atoms with Crippen LogP contribution in [-0.2, 0) is 0 Å². The average Bonchev–Trinajstić information content (AvgIpc) is 3.13. The molecule has 8 nitrogen and oxygen atoms in total. The molecule has 1 aliphatic rings. The van der Waals surface area contributed by atoms with Gasteiger partial charge >= 0.3 is 0 Å². The van der Waals surface area contributed by atoms with E-state index in [0.29, 0.717) is 11.6 Å². The van der Waals surface area contributed by atoms with Gasteiger partial charge in [-0.3, -0.25) is 4.79 Å². The monoisotopic (exact) mass is 398 g/mol. The number of carbonyl (C=O) groups is 1. The van der Waals surface area contributed by atoms with Crippen LogP contribution in [0.1, 0.15) is 16.2 Å².